The Morgan fingerprint density at radius 3 is 2.24 bits per heavy atom. The molecule has 2 unspecified atom stereocenters. The van der Waals surface area contributed by atoms with Gasteiger partial charge in [0.15, 0.2) is 17.1 Å². The van der Waals surface area contributed by atoms with E-state index in [1.165, 1.54) is 4.90 Å². The SMILES string of the molecule is CCN(CC)CC(=O)Nc1cc(N(C)C)c2c(c1O)C(=O)C1=C(O)[C@]3(O)C(=O)C(C(N)=O)=C(O)[C@@H](N(C)C)C3CC1C2. The topological polar surface area (TPSA) is 197 Å². The molecule has 4 rings (SSSR count). The van der Waals surface area contributed by atoms with Crippen molar-refractivity contribution in [1.29, 1.82) is 0 Å². The van der Waals surface area contributed by atoms with Crippen molar-refractivity contribution in [1.82, 2.24) is 9.80 Å². The number of hydrogen-bond acceptors (Lipinski definition) is 11. The van der Waals surface area contributed by atoms with E-state index in [9.17, 15) is 39.6 Å². The van der Waals surface area contributed by atoms with Gasteiger partial charge in [0, 0.05) is 31.3 Å². The first-order valence-corrected chi connectivity index (χ1v) is 13.8. The number of carbonyl (C=O) groups is 4. The van der Waals surface area contributed by atoms with Gasteiger partial charge >= 0.3 is 0 Å². The maximum atomic E-state index is 14.1. The van der Waals surface area contributed by atoms with E-state index in [-0.39, 0.29) is 36.2 Å². The summed E-state index contributed by atoms with van der Waals surface area (Å²) in [5.74, 6) is -7.67. The summed E-state index contributed by atoms with van der Waals surface area (Å²) >= 11 is 0. The van der Waals surface area contributed by atoms with Gasteiger partial charge in [0.25, 0.3) is 5.91 Å². The third-order valence-electron chi connectivity index (χ3n) is 8.72. The van der Waals surface area contributed by atoms with Crippen LogP contribution in [-0.4, -0.2) is 113 Å². The highest BCUT2D eigenvalue weighted by molar-refractivity contribution is 6.25. The summed E-state index contributed by atoms with van der Waals surface area (Å²) in [6, 6.07) is 0.510. The summed E-state index contributed by atoms with van der Waals surface area (Å²) in [5.41, 5.74) is 2.39. The minimum absolute atomic E-state index is 0.000761. The Bertz CT molecular complexity index is 1430. The number of phenols is 1. The Kier molecular flexibility index (Phi) is 8.15. The van der Waals surface area contributed by atoms with Crippen LogP contribution in [0.5, 0.6) is 5.75 Å². The van der Waals surface area contributed by atoms with Gasteiger partial charge in [-0.1, -0.05) is 13.8 Å². The largest absolute Gasteiger partial charge is 0.510 e. The van der Waals surface area contributed by atoms with Crippen LogP contribution in [0.1, 0.15) is 36.2 Å². The lowest BCUT2D eigenvalue weighted by molar-refractivity contribution is -0.148. The number of carbonyl (C=O) groups excluding carboxylic acids is 4. The van der Waals surface area contributed by atoms with Crippen molar-refractivity contribution >= 4 is 34.8 Å². The number of likely N-dealkylation sites (N-methyl/N-ethyl adjacent to an activating group) is 2. The van der Waals surface area contributed by atoms with Crippen LogP contribution < -0.4 is 16.0 Å². The number of rotatable bonds is 8. The third-order valence-corrected chi connectivity index (χ3v) is 8.72. The molecule has 0 spiro atoms. The molecule has 2 amide bonds. The number of aromatic hydroxyl groups is 1. The normalized spacial score (nSPS) is 25.4. The van der Waals surface area contributed by atoms with Gasteiger partial charge in [0.1, 0.15) is 17.1 Å². The van der Waals surface area contributed by atoms with E-state index >= 15 is 0 Å². The number of primary amides is 1. The predicted octanol–water partition coefficient (Wildman–Crippen LogP) is 0.467. The molecule has 3 aliphatic rings. The molecule has 4 atom stereocenters. The fourth-order valence-corrected chi connectivity index (χ4v) is 6.63. The van der Waals surface area contributed by atoms with E-state index in [1.807, 2.05) is 18.7 Å². The smallest absolute Gasteiger partial charge is 0.255 e. The fourth-order valence-electron chi connectivity index (χ4n) is 6.63. The van der Waals surface area contributed by atoms with Gasteiger partial charge in [-0.05, 0) is 57.6 Å². The van der Waals surface area contributed by atoms with Gasteiger partial charge < -0.3 is 36.4 Å². The standard InChI is InChI=1S/C29H39N5O8/c1-7-34(8-2)12-18(35)31-16-11-17(32(3)4)14-9-13-10-15-22(33(5)6)25(38)21(28(30)41)27(40)29(15,42)26(39)19(13)24(37)20(14)23(16)36/h11,13,15,22,36,38-39,42H,7-10,12H2,1-6H3,(H2,30,41)(H,31,35)/t13?,15?,22-,29-/m0/s1. The molecular weight excluding hydrogens is 546 g/mol. The first kappa shape index (κ1) is 31.0. The molecule has 42 heavy (non-hydrogen) atoms. The van der Waals surface area contributed by atoms with E-state index in [1.54, 1.807) is 39.2 Å². The highest BCUT2D eigenvalue weighted by Crippen LogP contribution is 2.53. The second-order valence-corrected chi connectivity index (χ2v) is 11.5. The van der Waals surface area contributed by atoms with Crippen LogP contribution in [0.25, 0.3) is 0 Å². The van der Waals surface area contributed by atoms with Crippen molar-refractivity contribution in [2.75, 3.05) is 58.0 Å². The van der Waals surface area contributed by atoms with Crippen LogP contribution in [0.3, 0.4) is 0 Å². The van der Waals surface area contributed by atoms with Gasteiger partial charge in [0.05, 0.1) is 23.8 Å². The van der Waals surface area contributed by atoms with Crippen molar-refractivity contribution in [3.63, 3.8) is 0 Å². The number of fused-ring (bicyclic) bond motifs is 3. The van der Waals surface area contributed by atoms with E-state index in [0.717, 1.165) is 0 Å². The lowest BCUT2D eigenvalue weighted by Gasteiger charge is -2.50. The van der Waals surface area contributed by atoms with Crippen molar-refractivity contribution in [3.05, 3.63) is 39.9 Å². The first-order valence-electron chi connectivity index (χ1n) is 13.8. The monoisotopic (exact) mass is 585 g/mol. The number of allylic oxidation sites excluding steroid dienone is 1. The van der Waals surface area contributed by atoms with Gasteiger partial charge in [0.2, 0.25) is 11.7 Å². The highest BCUT2D eigenvalue weighted by Gasteiger charge is 2.63. The predicted molar refractivity (Wildman–Crippen MR) is 154 cm³/mol. The summed E-state index contributed by atoms with van der Waals surface area (Å²) in [6.07, 6.45) is 0.130. The Morgan fingerprint density at radius 2 is 1.71 bits per heavy atom. The summed E-state index contributed by atoms with van der Waals surface area (Å²) in [4.78, 5) is 57.6. The van der Waals surface area contributed by atoms with Crippen LogP contribution in [0.4, 0.5) is 11.4 Å². The van der Waals surface area contributed by atoms with Gasteiger partial charge in [-0.3, -0.25) is 29.0 Å². The lowest BCUT2D eigenvalue weighted by atomic mass is 9.58. The Balaban J connectivity index is 1.89. The number of phenolic OH excluding ortho intramolecular Hbond substituents is 1. The molecule has 0 aromatic heterocycles. The minimum atomic E-state index is -2.72. The molecule has 7 N–H and O–H groups in total. The summed E-state index contributed by atoms with van der Waals surface area (Å²) in [5, 5.41) is 48.1. The molecule has 1 aromatic rings. The average Bonchev–Trinajstić information content (AvgIpc) is 2.90. The number of amides is 2. The number of nitrogens with one attached hydrogen (secondary N) is 1. The Hall–Kier alpha value is -3.94. The van der Waals surface area contributed by atoms with Crippen LogP contribution >= 0.6 is 0 Å². The number of aliphatic hydroxyl groups is 3. The van der Waals surface area contributed by atoms with E-state index in [4.69, 9.17) is 5.73 Å². The number of anilines is 2. The van der Waals surface area contributed by atoms with E-state index in [0.29, 0.717) is 24.3 Å². The van der Waals surface area contributed by atoms with Crippen molar-refractivity contribution in [2.24, 2.45) is 17.6 Å². The van der Waals surface area contributed by atoms with Gasteiger partial charge in [-0.15, -0.1) is 0 Å². The number of hydrogen-bond donors (Lipinski definition) is 6. The quantitative estimate of drug-likeness (QED) is 0.183. The van der Waals surface area contributed by atoms with Crippen LogP contribution in [0.15, 0.2) is 28.7 Å². The number of aliphatic hydroxyl groups excluding tert-OH is 2. The Morgan fingerprint density at radius 1 is 1.10 bits per heavy atom. The molecular formula is C29H39N5O8. The average molecular weight is 586 g/mol. The molecule has 0 heterocycles. The number of nitrogens with two attached hydrogens (primary N) is 1. The second-order valence-electron chi connectivity index (χ2n) is 11.5. The third kappa shape index (κ3) is 4.61. The number of ketones is 2. The lowest BCUT2D eigenvalue weighted by Crippen LogP contribution is -2.63. The molecule has 0 fully saturated rings. The fraction of sp³-hybridized carbons (Fsp3) is 0.517. The molecule has 1 aromatic carbocycles. The maximum absolute atomic E-state index is 14.1. The molecule has 0 bridgehead atoms. The summed E-state index contributed by atoms with van der Waals surface area (Å²) < 4.78 is 0. The highest BCUT2D eigenvalue weighted by atomic mass is 16.3. The molecule has 0 saturated heterocycles. The number of benzene rings is 1. The molecule has 228 valence electrons. The molecule has 13 nitrogen and oxygen atoms in total. The van der Waals surface area contributed by atoms with Crippen molar-refractivity contribution in [2.45, 2.75) is 38.3 Å². The Labute approximate surface area is 243 Å². The maximum Gasteiger partial charge on any atom is 0.255 e. The second kappa shape index (κ2) is 11.0. The molecule has 0 saturated carbocycles. The van der Waals surface area contributed by atoms with Crippen molar-refractivity contribution in [3.8, 4) is 5.75 Å². The molecule has 13 heteroatoms. The summed E-state index contributed by atoms with van der Waals surface area (Å²) in [6.45, 7) is 5.16. The first-order chi connectivity index (χ1) is 19.6. The van der Waals surface area contributed by atoms with E-state index < -0.39 is 69.7 Å². The molecule has 3 aliphatic carbocycles. The van der Waals surface area contributed by atoms with Crippen molar-refractivity contribution < 1.29 is 39.6 Å². The molecule has 0 radical (unpaired) electrons. The molecule has 0 aliphatic heterocycles. The van der Waals surface area contributed by atoms with Gasteiger partial charge in [-0.25, -0.2) is 0 Å². The number of Topliss-reactive ketones (excluding diaryl/α,β-unsaturated/α-hetero) is 2. The zero-order valence-electron chi connectivity index (χ0n) is 24.7. The zero-order chi connectivity index (χ0) is 31.4. The van der Waals surface area contributed by atoms with Crippen LogP contribution in [0.2, 0.25) is 0 Å². The van der Waals surface area contributed by atoms with E-state index in [2.05, 4.69) is 5.32 Å². The van der Waals surface area contributed by atoms with Gasteiger partial charge in [-0.2, -0.15) is 0 Å². The number of nitrogens with zero attached hydrogens (tertiary/aromatic N) is 3. The minimum Gasteiger partial charge on any atom is -0.510 e. The zero-order valence-corrected chi connectivity index (χ0v) is 24.7. The summed E-state index contributed by atoms with van der Waals surface area (Å²) in [7, 11) is 6.64. The van der Waals surface area contributed by atoms with Crippen LogP contribution in [-0.2, 0) is 20.8 Å². The van der Waals surface area contributed by atoms with Crippen LogP contribution in [0, 0.1) is 11.8 Å².